The Labute approximate surface area is 213 Å². The predicted octanol–water partition coefficient (Wildman–Crippen LogP) is 5.50. The lowest BCUT2D eigenvalue weighted by Gasteiger charge is -2.26. The van der Waals surface area contributed by atoms with Crippen LogP contribution in [0.5, 0.6) is 11.5 Å². The fourth-order valence-electron chi connectivity index (χ4n) is 3.35. The third-order valence-corrected chi connectivity index (χ3v) is 5.89. The molecule has 35 heavy (non-hydrogen) atoms. The molecule has 1 fully saturated rings. The van der Waals surface area contributed by atoms with Gasteiger partial charge in [0.1, 0.15) is 18.0 Å². The number of barbiturate groups is 1. The van der Waals surface area contributed by atoms with E-state index in [1.165, 1.54) is 49.6 Å². The van der Waals surface area contributed by atoms with Crippen molar-refractivity contribution < 1.29 is 28.2 Å². The van der Waals surface area contributed by atoms with Crippen LogP contribution in [0.4, 0.5) is 14.9 Å². The second-order valence-electron chi connectivity index (χ2n) is 7.38. The highest BCUT2D eigenvalue weighted by atomic mass is 79.9. The third kappa shape index (κ3) is 5.36. The molecule has 0 unspecified atom stereocenters. The Morgan fingerprint density at radius 3 is 2.40 bits per heavy atom. The van der Waals surface area contributed by atoms with Gasteiger partial charge < -0.3 is 9.47 Å². The number of urea groups is 1. The Balaban J connectivity index is 1.63. The van der Waals surface area contributed by atoms with Crippen LogP contribution >= 0.6 is 27.5 Å². The van der Waals surface area contributed by atoms with E-state index >= 15 is 0 Å². The van der Waals surface area contributed by atoms with Crippen molar-refractivity contribution in [3.05, 3.63) is 92.7 Å². The van der Waals surface area contributed by atoms with Gasteiger partial charge in [0.05, 0.1) is 17.3 Å². The van der Waals surface area contributed by atoms with E-state index in [1.807, 2.05) is 0 Å². The Kier molecular flexibility index (Phi) is 7.18. The lowest BCUT2D eigenvalue weighted by molar-refractivity contribution is -0.122. The lowest BCUT2D eigenvalue weighted by Crippen LogP contribution is -2.54. The van der Waals surface area contributed by atoms with Crippen LogP contribution in [0.15, 0.2) is 70.7 Å². The summed E-state index contributed by atoms with van der Waals surface area (Å²) in [4.78, 5) is 38.8. The van der Waals surface area contributed by atoms with E-state index in [0.29, 0.717) is 26.6 Å². The van der Waals surface area contributed by atoms with Crippen LogP contribution in [0.25, 0.3) is 6.08 Å². The summed E-state index contributed by atoms with van der Waals surface area (Å²) >= 11 is 9.32. The van der Waals surface area contributed by atoms with Crippen molar-refractivity contribution in [1.82, 2.24) is 5.32 Å². The predicted molar refractivity (Wildman–Crippen MR) is 132 cm³/mol. The Hall–Kier alpha value is -3.69. The average molecular weight is 560 g/mol. The normalized spacial score (nSPS) is 14.8. The van der Waals surface area contributed by atoms with Crippen molar-refractivity contribution in [1.29, 1.82) is 0 Å². The number of benzene rings is 3. The minimum Gasteiger partial charge on any atom is -0.493 e. The summed E-state index contributed by atoms with van der Waals surface area (Å²) in [6.45, 7) is 0.161. The zero-order valence-electron chi connectivity index (χ0n) is 18.2. The van der Waals surface area contributed by atoms with E-state index in [-0.39, 0.29) is 23.7 Å². The number of rotatable bonds is 6. The smallest absolute Gasteiger partial charge is 0.335 e. The molecule has 1 aliphatic rings. The van der Waals surface area contributed by atoms with Gasteiger partial charge in [-0.1, -0.05) is 23.7 Å². The number of hydrogen-bond acceptors (Lipinski definition) is 5. The number of methoxy groups -OCH3 is 1. The maximum Gasteiger partial charge on any atom is 0.335 e. The summed E-state index contributed by atoms with van der Waals surface area (Å²) in [6.07, 6.45) is 1.35. The van der Waals surface area contributed by atoms with Crippen LogP contribution in [-0.4, -0.2) is 25.0 Å². The molecule has 0 saturated carbocycles. The summed E-state index contributed by atoms with van der Waals surface area (Å²) in [5.41, 5.74) is 1.22. The minimum absolute atomic E-state index is 0.161. The molecular formula is C25H17BrClFN2O5. The molecule has 0 spiro atoms. The maximum atomic E-state index is 13.1. The van der Waals surface area contributed by atoms with E-state index < -0.39 is 17.8 Å². The second-order valence-corrected chi connectivity index (χ2v) is 8.67. The molecule has 1 aliphatic heterocycles. The monoisotopic (exact) mass is 558 g/mol. The molecule has 1 heterocycles. The van der Waals surface area contributed by atoms with Gasteiger partial charge in [-0.3, -0.25) is 14.9 Å². The van der Waals surface area contributed by atoms with Gasteiger partial charge in [0.25, 0.3) is 11.8 Å². The zero-order valence-corrected chi connectivity index (χ0v) is 20.5. The first-order valence-electron chi connectivity index (χ1n) is 10.2. The average Bonchev–Trinajstić information content (AvgIpc) is 2.83. The molecular weight excluding hydrogens is 543 g/mol. The van der Waals surface area contributed by atoms with Crippen molar-refractivity contribution in [2.45, 2.75) is 6.61 Å². The molecule has 3 aromatic carbocycles. The summed E-state index contributed by atoms with van der Waals surface area (Å²) in [5, 5.41) is 2.61. The van der Waals surface area contributed by atoms with Crippen LogP contribution in [-0.2, 0) is 16.2 Å². The van der Waals surface area contributed by atoms with Gasteiger partial charge in [-0.15, -0.1) is 0 Å². The summed E-state index contributed by atoms with van der Waals surface area (Å²) < 4.78 is 24.9. The molecule has 4 amide bonds. The topological polar surface area (TPSA) is 84.9 Å². The molecule has 4 rings (SSSR count). The number of imide groups is 2. The third-order valence-electron chi connectivity index (χ3n) is 5.05. The fourth-order valence-corrected chi connectivity index (χ4v) is 4.05. The summed E-state index contributed by atoms with van der Waals surface area (Å²) in [5.74, 6) is -1.23. The number of carbonyl (C=O) groups is 3. The molecule has 0 bridgehead atoms. The Bertz CT molecular complexity index is 1340. The lowest BCUT2D eigenvalue weighted by atomic mass is 10.1. The van der Waals surface area contributed by atoms with Crippen LogP contribution in [0, 0.1) is 5.82 Å². The first-order chi connectivity index (χ1) is 16.8. The standard InChI is InChI=1S/C25H17BrClFN2O5/c1-34-21-12-15(11-20(26)22(21)35-13-14-2-6-17(28)7-3-14)10-19-23(31)29-25(33)30(24(19)32)18-8-4-16(27)5-9-18/h2-12H,13H2,1H3,(H,29,31,33)/b19-10-. The van der Waals surface area contributed by atoms with Crippen LogP contribution in [0.2, 0.25) is 5.02 Å². The van der Waals surface area contributed by atoms with Gasteiger partial charge in [0, 0.05) is 5.02 Å². The fraction of sp³-hybridized carbons (Fsp3) is 0.0800. The van der Waals surface area contributed by atoms with Crippen LogP contribution < -0.4 is 19.7 Å². The molecule has 0 aromatic heterocycles. The SMILES string of the molecule is COc1cc(/C=C2/C(=O)NC(=O)N(c3ccc(Cl)cc3)C2=O)cc(Br)c1OCc1ccc(F)cc1. The largest absolute Gasteiger partial charge is 0.493 e. The summed E-state index contributed by atoms with van der Waals surface area (Å²) in [6, 6.07) is 14.3. The number of nitrogens with zero attached hydrogens (tertiary/aromatic N) is 1. The van der Waals surface area contributed by atoms with Gasteiger partial charge in [-0.25, -0.2) is 14.1 Å². The van der Waals surface area contributed by atoms with Crippen LogP contribution in [0.1, 0.15) is 11.1 Å². The molecule has 10 heteroatoms. The Morgan fingerprint density at radius 1 is 1.06 bits per heavy atom. The number of anilines is 1. The highest BCUT2D eigenvalue weighted by Crippen LogP contribution is 2.38. The molecule has 1 saturated heterocycles. The number of halogens is 3. The van der Waals surface area contributed by atoms with Gasteiger partial charge >= 0.3 is 6.03 Å². The quantitative estimate of drug-likeness (QED) is 0.319. The first-order valence-corrected chi connectivity index (χ1v) is 11.4. The minimum atomic E-state index is -0.859. The number of hydrogen-bond donors (Lipinski definition) is 1. The number of ether oxygens (including phenoxy) is 2. The molecule has 0 atom stereocenters. The van der Waals surface area contributed by atoms with Crippen molar-refractivity contribution in [2.24, 2.45) is 0 Å². The highest BCUT2D eigenvalue weighted by molar-refractivity contribution is 9.10. The maximum absolute atomic E-state index is 13.1. The van der Waals surface area contributed by atoms with E-state index in [1.54, 1.807) is 24.3 Å². The van der Waals surface area contributed by atoms with E-state index in [0.717, 1.165) is 10.5 Å². The first kappa shape index (κ1) is 24.4. The summed E-state index contributed by atoms with van der Waals surface area (Å²) in [7, 11) is 1.45. The molecule has 1 N–H and O–H groups in total. The number of amides is 4. The van der Waals surface area contributed by atoms with Gasteiger partial charge in [-0.2, -0.15) is 0 Å². The Morgan fingerprint density at radius 2 is 1.74 bits per heavy atom. The number of nitrogens with one attached hydrogen (secondary N) is 1. The van der Waals surface area contributed by atoms with E-state index in [4.69, 9.17) is 21.1 Å². The molecule has 0 aliphatic carbocycles. The molecule has 178 valence electrons. The van der Waals surface area contributed by atoms with E-state index in [2.05, 4.69) is 21.2 Å². The molecule has 3 aromatic rings. The van der Waals surface area contributed by atoms with Crippen molar-refractivity contribution in [2.75, 3.05) is 12.0 Å². The molecule has 0 radical (unpaired) electrons. The van der Waals surface area contributed by atoms with Crippen molar-refractivity contribution >= 4 is 57.1 Å². The highest BCUT2D eigenvalue weighted by Gasteiger charge is 2.36. The zero-order chi connectivity index (χ0) is 25.1. The van der Waals surface area contributed by atoms with Crippen LogP contribution in [0.3, 0.4) is 0 Å². The van der Waals surface area contributed by atoms with Crippen molar-refractivity contribution in [3.8, 4) is 11.5 Å². The van der Waals surface area contributed by atoms with Gasteiger partial charge in [-0.05, 0) is 81.7 Å². The second kappa shape index (κ2) is 10.3. The molecule has 7 nitrogen and oxygen atoms in total. The van der Waals surface area contributed by atoms with Gasteiger partial charge in [0.2, 0.25) is 0 Å². The van der Waals surface area contributed by atoms with E-state index in [9.17, 15) is 18.8 Å². The van der Waals surface area contributed by atoms with Gasteiger partial charge in [0.15, 0.2) is 11.5 Å². The number of carbonyl (C=O) groups excluding carboxylic acids is 3. The van der Waals surface area contributed by atoms with Crippen molar-refractivity contribution in [3.63, 3.8) is 0 Å².